The van der Waals surface area contributed by atoms with Crippen molar-refractivity contribution in [2.45, 2.75) is 51.6 Å². The lowest BCUT2D eigenvalue weighted by Crippen LogP contribution is -2.09. The summed E-state index contributed by atoms with van der Waals surface area (Å²) in [5, 5.41) is 19.5. The lowest BCUT2D eigenvalue weighted by molar-refractivity contribution is 0.545. The van der Waals surface area contributed by atoms with Gasteiger partial charge in [0.05, 0.1) is 35.2 Å². The summed E-state index contributed by atoms with van der Waals surface area (Å²) in [6.45, 7) is 1.97. The Hall–Kier alpha value is -11.3. The predicted octanol–water partition coefficient (Wildman–Crippen LogP) is 22.4. The van der Waals surface area contributed by atoms with E-state index in [0.717, 1.165) is 70.9 Å². The minimum Gasteiger partial charge on any atom is -0.340 e. The molecule has 0 bridgehead atoms. The fourth-order valence-corrected chi connectivity index (χ4v) is 14.2. The minimum atomic E-state index is 0.987. The lowest BCUT2D eigenvalue weighted by Gasteiger charge is -2.19. The largest absolute Gasteiger partial charge is 0.340 e. The second-order valence-electron chi connectivity index (χ2n) is 24.3. The third kappa shape index (κ3) is 10.8. The lowest BCUT2D eigenvalue weighted by atomic mass is 10.0. The van der Waals surface area contributed by atoms with Crippen LogP contribution in [0.4, 0.5) is 22.7 Å². The highest BCUT2D eigenvalue weighted by Crippen LogP contribution is 2.47. The highest BCUT2D eigenvalue weighted by Gasteiger charge is 2.24. The van der Waals surface area contributed by atoms with E-state index >= 15 is 0 Å². The molecule has 0 radical (unpaired) electrons. The molecular weight excluding hydrogens is 1120 g/mol. The average Bonchev–Trinajstić information content (AvgIpc) is 1.92. The molecule has 0 amide bonds. The Kier molecular flexibility index (Phi) is 15.1. The number of rotatable bonds is 19. The van der Waals surface area contributed by atoms with Crippen LogP contribution in [0.15, 0.2) is 301 Å². The van der Waals surface area contributed by atoms with Crippen LogP contribution in [0.25, 0.3) is 89.2 Å². The number of anilines is 4. The van der Waals surface area contributed by atoms with E-state index in [0.29, 0.717) is 0 Å². The van der Waals surface area contributed by atoms with Crippen LogP contribution in [0.3, 0.4) is 0 Å². The summed E-state index contributed by atoms with van der Waals surface area (Å²) in [5.74, 6) is 0. The maximum Gasteiger partial charge on any atom is 0.0653 e. The summed E-state index contributed by atoms with van der Waals surface area (Å²) in [5.41, 5.74) is 26.3. The van der Waals surface area contributed by atoms with Gasteiger partial charge in [-0.05, 0) is 188 Å². The summed E-state index contributed by atoms with van der Waals surface area (Å²) in [6.07, 6.45) is 15.8. The molecule has 12 aromatic carbocycles. The highest BCUT2D eigenvalue weighted by molar-refractivity contribution is 6.12. The van der Waals surface area contributed by atoms with Gasteiger partial charge >= 0.3 is 0 Å². The zero-order valence-electron chi connectivity index (χ0n) is 51.4. The van der Waals surface area contributed by atoms with Gasteiger partial charge in [0.1, 0.15) is 0 Å². The van der Waals surface area contributed by atoms with Gasteiger partial charge in [0, 0.05) is 56.7 Å². The molecule has 2 aliphatic rings. The zero-order chi connectivity index (χ0) is 61.2. The van der Waals surface area contributed by atoms with Crippen molar-refractivity contribution in [2.75, 3.05) is 10.0 Å². The second-order valence-corrected chi connectivity index (χ2v) is 24.3. The zero-order valence-corrected chi connectivity index (χ0v) is 51.4. The van der Waals surface area contributed by atoms with Crippen molar-refractivity contribution < 1.29 is 0 Å². The van der Waals surface area contributed by atoms with Crippen LogP contribution in [-0.2, 0) is 13.1 Å². The monoisotopic (exact) mass is 1180 g/mol. The van der Waals surface area contributed by atoms with E-state index in [4.69, 9.17) is 10.2 Å². The van der Waals surface area contributed by atoms with Crippen molar-refractivity contribution in [3.05, 3.63) is 336 Å². The number of hydrogen-bond acceptors (Lipinski definition) is 4. The fraction of sp³-hybridized carbons (Fsp3) is 0.0930. The van der Waals surface area contributed by atoms with Crippen LogP contribution in [-0.4, -0.2) is 21.6 Å². The molecule has 0 spiro atoms. The van der Waals surface area contributed by atoms with Crippen LogP contribution in [0.5, 0.6) is 0 Å². The molecule has 92 heavy (non-hydrogen) atoms. The molecule has 0 unspecified atom stereocenters. The fourth-order valence-electron chi connectivity index (χ4n) is 14.2. The first-order chi connectivity index (χ1) is 45.6. The van der Waals surface area contributed by atoms with Crippen molar-refractivity contribution in [2.24, 2.45) is 10.2 Å². The van der Waals surface area contributed by atoms with E-state index in [1.165, 1.54) is 125 Å². The maximum absolute atomic E-state index is 5.18. The van der Waals surface area contributed by atoms with Gasteiger partial charge in [0.25, 0.3) is 0 Å². The molecule has 16 rings (SSSR count). The summed E-state index contributed by atoms with van der Waals surface area (Å²) in [6, 6.07) is 105. The molecule has 2 aromatic heterocycles. The molecule has 6 nitrogen and oxygen atoms in total. The molecule has 0 N–H and O–H groups in total. The molecule has 14 aromatic rings. The summed E-state index contributed by atoms with van der Waals surface area (Å²) in [4.78, 5) is 0. The summed E-state index contributed by atoms with van der Waals surface area (Å²) < 4.78 is 5.07. The Balaban J connectivity index is 0.563. The van der Waals surface area contributed by atoms with E-state index in [9.17, 15) is 0 Å². The van der Waals surface area contributed by atoms with Gasteiger partial charge in [-0.25, -0.2) is 10.0 Å². The number of nitrogens with zero attached hydrogens (tertiary/aromatic N) is 6. The number of fused-ring (bicyclic) bond motifs is 12. The smallest absolute Gasteiger partial charge is 0.0653 e. The molecular formula is C86H68N6. The molecule has 2 aliphatic carbocycles. The topological polar surface area (TPSA) is 41.1 Å². The Morgan fingerprint density at radius 3 is 0.924 bits per heavy atom. The Morgan fingerprint density at radius 2 is 0.543 bits per heavy atom. The quantitative estimate of drug-likeness (QED) is 0.0460. The number of aromatic nitrogens is 2. The van der Waals surface area contributed by atoms with Gasteiger partial charge in [-0.2, -0.15) is 10.2 Å². The van der Waals surface area contributed by atoms with E-state index in [2.05, 4.69) is 312 Å². The molecule has 0 saturated carbocycles. The van der Waals surface area contributed by atoms with Gasteiger partial charge < -0.3 is 9.13 Å². The molecule has 2 heterocycles. The van der Waals surface area contributed by atoms with Crippen LogP contribution in [0, 0.1) is 0 Å². The summed E-state index contributed by atoms with van der Waals surface area (Å²) in [7, 11) is 0. The first-order valence-corrected chi connectivity index (χ1v) is 32.5. The van der Waals surface area contributed by atoms with Crippen molar-refractivity contribution in [1.29, 1.82) is 0 Å². The van der Waals surface area contributed by atoms with Gasteiger partial charge in [0.2, 0.25) is 0 Å². The van der Waals surface area contributed by atoms with E-state index < -0.39 is 0 Å². The van der Waals surface area contributed by atoms with Crippen LogP contribution in [0.1, 0.15) is 83.0 Å². The second kappa shape index (κ2) is 24.9. The Bertz CT molecular complexity index is 4740. The standard InChI is InChI=1S/C86H68N6/c1(3-23-53-89-83-39-21-19-37-77(83)81-57-63(45-51-85(81)89)59-87-91(65-25-7-5-8-26-65)67-47-41-61(42-48-67)55-79-73-33-15-11-29-69(73)70-30-12-16-34-74(70)79)2-4-24-54-90-84-40-22-20-38-78(84)82-58-64(46-52-86(82)90)60-88-92(66-27-9-6-10-28-66)68-49-43-62(44-50-68)56-80-75-35-17-13-31-71(75)72-32-14-18-36-76(72)80/h5-22,25-52,55-60H,1-4,23-24,53-54H2/b87-59+,88-60+. The SMILES string of the molecule is C(=C1c2ccccc2-c2ccccc21)c1ccc(N(/N=C/c2ccc3c(c2)c2ccccc2n3CCCCCCCCn2c3ccccc3c3cc(/C=N/N(c4ccccc4)c4ccc(C=C5c6ccccc6-c6ccccc65)cc4)ccc32)c2ccccc2)cc1. The van der Waals surface area contributed by atoms with Gasteiger partial charge in [-0.3, -0.25) is 0 Å². The normalized spacial score (nSPS) is 12.3. The number of aryl methyl sites for hydroxylation is 2. The minimum absolute atomic E-state index is 0.987. The average molecular weight is 1190 g/mol. The van der Waals surface area contributed by atoms with Crippen LogP contribution >= 0.6 is 0 Å². The van der Waals surface area contributed by atoms with Crippen molar-refractivity contribution >= 4 is 102 Å². The third-order valence-electron chi connectivity index (χ3n) is 18.6. The predicted molar refractivity (Wildman–Crippen MR) is 390 cm³/mol. The van der Waals surface area contributed by atoms with Gasteiger partial charge in [-0.1, -0.05) is 232 Å². The number of hydrogen-bond donors (Lipinski definition) is 0. The van der Waals surface area contributed by atoms with Gasteiger partial charge in [-0.15, -0.1) is 0 Å². The third-order valence-corrected chi connectivity index (χ3v) is 18.6. The first-order valence-electron chi connectivity index (χ1n) is 32.5. The molecule has 0 fully saturated rings. The molecule has 0 aliphatic heterocycles. The first kappa shape index (κ1) is 55.9. The van der Waals surface area contributed by atoms with E-state index in [1.807, 2.05) is 22.4 Å². The molecule has 0 saturated heterocycles. The van der Waals surface area contributed by atoms with Crippen molar-refractivity contribution in [3.63, 3.8) is 0 Å². The van der Waals surface area contributed by atoms with Crippen molar-refractivity contribution in [3.8, 4) is 22.3 Å². The Labute approximate surface area is 537 Å². The highest BCUT2D eigenvalue weighted by atomic mass is 15.5. The number of unbranched alkanes of at least 4 members (excludes halogenated alkanes) is 5. The Morgan fingerprint density at radius 1 is 0.250 bits per heavy atom. The van der Waals surface area contributed by atoms with Gasteiger partial charge in [0.15, 0.2) is 0 Å². The van der Waals surface area contributed by atoms with E-state index in [1.54, 1.807) is 0 Å². The summed E-state index contributed by atoms with van der Waals surface area (Å²) >= 11 is 0. The maximum atomic E-state index is 5.18. The number of hydrazone groups is 2. The van der Waals surface area contributed by atoms with Crippen molar-refractivity contribution in [1.82, 2.24) is 9.13 Å². The molecule has 442 valence electrons. The van der Waals surface area contributed by atoms with Crippen LogP contribution in [0.2, 0.25) is 0 Å². The number of benzene rings is 12. The molecule has 6 heteroatoms. The van der Waals surface area contributed by atoms with E-state index in [-0.39, 0.29) is 0 Å². The number of para-hydroxylation sites is 4. The van der Waals surface area contributed by atoms with Crippen LogP contribution < -0.4 is 10.0 Å². The molecule has 0 atom stereocenters.